The molecule has 0 spiro atoms. The molecule has 1 atom stereocenters. The molecule has 2 aromatic rings. The van der Waals surface area contributed by atoms with Gasteiger partial charge in [0.25, 0.3) is 0 Å². The van der Waals surface area contributed by atoms with Crippen LogP contribution in [0.3, 0.4) is 0 Å². The molecular weight excluding hydrogens is 340 g/mol. The van der Waals surface area contributed by atoms with Crippen LogP contribution in [0.15, 0.2) is 54.6 Å². The number of ether oxygens (including phenoxy) is 2. The van der Waals surface area contributed by atoms with E-state index in [-0.39, 0.29) is 18.1 Å². The van der Waals surface area contributed by atoms with Crippen molar-refractivity contribution >= 4 is 5.91 Å². The highest BCUT2D eigenvalue weighted by atomic mass is 16.5. The number of likely N-dealkylation sites (tertiary alicyclic amines) is 1. The van der Waals surface area contributed by atoms with E-state index in [2.05, 4.69) is 10.2 Å². The molecule has 1 amide bonds. The second-order valence-electron chi connectivity index (χ2n) is 6.94. The lowest BCUT2D eigenvalue weighted by Gasteiger charge is -2.32. The monoisotopic (exact) mass is 368 g/mol. The van der Waals surface area contributed by atoms with Crippen molar-refractivity contribution in [2.45, 2.75) is 31.9 Å². The quantitative estimate of drug-likeness (QED) is 0.814. The molecule has 1 aliphatic heterocycles. The van der Waals surface area contributed by atoms with Crippen molar-refractivity contribution in [2.24, 2.45) is 0 Å². The van der Waals surface area contributed by atoms with Crippen molar-refractivity contribution in [3.8, 4) is 11.5 Å². The van der Waals surface area contributed by atoms with Crippen LogP contribution in [0.5, 0.6) is 11.5 Å². The highest BCUT2D eigenvalue weighted by molar-refractivity contribution is 5.78. The van der Waals surface area contributed by atoms with Crippen LogP contribution >= 0.6 is 0 Å². The van der Waals surface area contributed by atoms with E-state index in [0.29, 0.717) is 6.54 Å². The van der Waals surface area contributed by atoms with Crippen molar-refractivity contribution in [3.05, 3.63) is 60.2 Å². The Kier molecular flexibility index (Phi) is 6.71. The Morgan fingerprint density at radius 3 is 2.37 bits per heavy atom. The summed E-state index contributed by atoms with van der Waals surface area (Å²) < 4.78 is 11.4. The normalized spacial score (nSPS) is 16.5. The Hall–Kier alpha value is -2.53. The summed E-state index contributed by atoms with van der Waals surface area (Å²) in [6.45, 7) is 4.15. The average Bonchev–Trinajstić information content (AvgIpc) is 2.70. The van der Waals surface area contributed by atoms with E-state index >= 15 is 0 Å². The van der Waals surface area contributed by atoms with Gasteiger partial charge in [-0.2, -0.15) is 0 Å². The molecule has 0 aliphatic carbocycles. The van der Waals surface area contributed by atoms with Crippen LogP contribution in [0.1, 0.15) is 31.4 Å². The summed E-state index contributed by atoms with van der Waals surface area (Å²) >= 11 is 0. The third-order valence-electron chi connectivity index (χ3n) is 4.94. The zero-order valence-corrected chi connectivity index (χ0v) is 16.1. The SMILES string of the molecule is COc1ccccc1OC1CCN(CC(=O)NC(C)c2ccccc2)CC1. The van der Waals surface area contributed by atoms with Gasteiger partial charge >= 0.3 is 0 Å². The first-order valence-corrected chi connectivity index (χ1v) is 9.52. The molecule has 1 fully saturated rings. The van der Waals surface area contributed by atoms with Gasteiger partial charge in [-0.05, 0) is 37.5 Å². The zero-order valence-electron chi connectivity index (χ0n) is 16.1. The van der Waals surface area contributed by atoms with E-state index in [0.717, 1.165) is 43.0 Å². The standard InChI is InChI=1S/C22H28N2O3/c1-17(18-8-4-3-5-9-18)23-22(25)16-24-14-12-19(13-15-24)27-21-11-7-6-10-20(21)26-2/h3-11,17,19H,12-16H2,1-2H3,(H,23,25). The van der Waals surface area contributed by atoms with Crippen LogP contribution in [0, 0.1) is 0 Å². The van der Waals surface area contributed by atoms with Crippen LogP contribution in [-0.4, -0.2) is 43.7 Å². The topological polar surface area (TPSA) is 50.8 Å². The van der Waals surface area contributed by atoms with Crippen LogP contribution < -0.4 is 14.8 Å². The minimum Gasteiger partial charge on any atom is -0.493 e. The Morgan fingerprint density at radius 1 is 1.07 bits per heavy atom. The van der Waals surface area contributed by atoms with Gasteiger partial charge in [-0.25, -0.2) is 0 Å². The van der Waals surface area contributed by atoms with E-state index in [1.807, 2.05) is 61.5 Å². The molecule has 1 aliphatic rings. The summed E-state index contributed by atoms with van der Waals surface area (Å²) in [5.41, 5.74) is 1.12. The first-order chi connectivity index (χ1) is 13.2. The predicted octanol–water partition coefficient (Wildman–Crippen LogP) is 3.42. The number of nitrogens with one attached hydrogen (secondary N) is 1. The number of piperidine rings is 1. The number of hydrogen-bond acceptors (Lipinski definition) is 4. The molecule has 1 saturated heterocycles. The number of carbonyl (C=O) groups excluding carboxylic acids is 1. The molecule has 5 nitrogen and oxygen atoms in total. The van der Waals surface area contributed by atoms with Crippen LogP contribution in [0.2, 0.25) is 0 Å². The minimum atomic E-state index is 0.0186. The van der Waals surface area contributed by atoms with Crippen molar-refractivity contribution in [2.75, 3.05) is 26.7 Å². The van der Waals surface area contributed by atoms with Gasteiger partial charge in [-0.3, -0.25) is 9.69 Å². The fraction of sp³-hybridized carbons (Fsp3) is 0.409. The number of carbonyl (C=O) groups is 1. The maximum Gasteiger partial charge on any atom is 0.234 e. The Balaban J connectivity index is 1.43. The smallest absolute Gasteiger partial charge is 0.234 e. The second kappa shape index (κ2) is 9.42. The molecule has 5 heteroatoms. The second-order valence-corrected chi connectivity index (χ2v) is 6.94. The number of rotatable bonds is 7. The van der Waals surface area contributed by atoms with Gasteiger partial charge in [-0.1, -0.05) is 42.5 Å². The summed E-state index contributed by atoms with van der Waals surface area (Å²) in [5, 5.41) is 3.08. The number of methoxy groups -OCH3 is 1. The fourth-order valence-electron chi connectivity index (χ4n) is 3.40. The largest absolute Gasteiger partial charge is 0.493 e. The molecule has 0 aromatic heterocycles. The third kappa shape index (κ3) is 5.47. The molecule has 0 saturated carbocycles. The maximum absolute atomic E-state index is 12.4. The van der Waals surface area contributed by atoms with Gasteiger partial charge in [0.15, 0.2) is 11.5 Å². The van der Waals surface area contributed by atoms with Gasteiger partial charge in [0.2, 0.25) is 5.91 Å². The van der Waals surface area contributed by atoms with E-state index in [9.17, 15) is 4.79 Å². The summed E-state index contributed by atoms with van der Waals surface area (Å²) in [6.07, 6.45) is 1.96. The molecule has 1 heterocycles. The van der Waals surface area contributed by atoms with Crippen LogP contribution in [0.25, 0.3) is 0 Å². The molecule has 0 radical (unpaired) electrons. The highest BCUT2D eigenvalue weighted by Gasteiger charge is 2.23. The maximum atomic E-state index is 12.4. The van der Waals surface area contributed by atoms with Crippen LogP contribution in [0.4, 0.5) is 0 Å². The first-order valence-electron chi connectivity index (χ1n) is 9.52. The van der Waals surface area contributed by atoms with Gasteiger partial charge in [0.05, 0.1) is 19.7 Å². The minimum absolute atomic E-state index is 0.0186. The molecule has 144 valence electrons. The Labute approximate surface area is 161 Å². The molecule has 2 aromatic carbocycles. The van der Waals surface area contributed by atoms with E-state index < -0.39 is 0 Å². The molecule has 27 heavy (non-hydrogen) atoms. The molecule has 1 N–H and O–H groups in total. The Bertz CT molecular complexity index is 727. The summed E-state index contributed by atoms with van der Waals surface area (Å²) in [6, 6.07) is 17.8. The van der Waals surface area contributed by atoms with E-state index in [1.165, 1.54) is 0 Å². The number of hydrogen-bond donors (Lipinski definition) is 1. The average molecular weight is 368 g/mol. The molecule has 3 rings (SSSR count). The lowest BCUT2D eigenvalue weighted by Crippen LogP contribution is -2.44. The number of nitrogens with zero attached hydrogens (tertiary/aromatic N) is 1. The highest BCUT2D eigenvalue weighted by Crippen LogP contribution is 2.28. The number of amides is 1. The zero-order chi connectivity index (χ0) is 19.1. The summed E-state index contributed by atoms with van der Waals surface area (Å²) in [5.74, 6) is 1.61. The van der Waals surface area contributed by atoms with Crippen molar-refractivity contribution in [1.29, 1.82) is 0 Å². The lowest BCUT2D eigenvalue weighted by atomic mass is 10.1. The number of benzene rings is 2. The Morgan fingerprint density at radius 2 is 1.70 bits per heavy atom. The lowest BCUT2D eigenvalue weighted by molar-refractivity contribution is -0.123. The molecule has 0 bridgehead atoms. The van der Waals surface area contributed by atoms with E-state index in [1.54, 1.807) is 7.11 Å². The fourth-order valence-corrected chi connectivity index (χ4v) is 3.40. The predicted molar refractivity (Wildman–Crippen MR) is 106 cm³/mol. The molecular formula is C22H28N2O3. The van der Waals surface area contributed by atoms with Crippen LogP contribution in [-0.2, 0) is 4.79 Å². The number of para-hydroxylation sites is 2. The van der Waals surface area contributed by atoms with Crippen molar-refractivity contribution in [1.82, 2.24) is 10.2 Å². The summed E-state index contributed by atoms with van der Waals surface area (Å²) in [4.78, 5) is 14.5. The van der Waals surface area contributed by atoms with Gasteiger partial charge < -0.3 is 14.8 Å². The van der Waals surface area contributed by atoms with Crippen molar-refractivity contribution in [3.63, 3.8) is 0 Å². The molecule has 1 unspecified atom stereocenters. The first kappa shape index (κ1) is 19.2. The van der Waals surface area contributed by atoms with Gasteiger partial charge in [-0.15, -0.1) is 0 Å². The summed E-state index contributed by atoms with van der Waals surface area (Å²) in [7, 11) is 1.65. The van der Waals surface area contributed by atoms with Crippen molar-refractivity contribution < 1.29 is 14.3 Å². The van der Waals surface area contributed by atoms with Gasteiger partial charge in [0.1, 0.15) is 6.10 Å². The third-order valence-corrected chi connectivity index (χ3v) is 4.94. The van der Waals surface area contributed by atoms with E-state index in [4.69, 9.17) is 9.47 Å². The van der Waals surface area contributed by atoms with Gasteiger partial charge in [0, 0.05) is 13.1 Å².